The Bertz CT molecular complexity index is 555. The smallest absolute Gasteiger partial charge is 0.129 e. The molecule has 0 spiro atoms. The molecule has 2 heterocycles. The lowest BCUT2D eigenvalue weighted by Crippen LogP contribution is -2.33. The molecular weight excluding hydrogens is 270 g/mol. The van der Waals surface area contributed by atoms with Crippen LogP contribution in [0.4, 0.5) is 0 Å². The Morgan fingerprint density at radius 3 is 3.05 bits per heavy atom. The van der Waals surface area contributed by atoms with Crippen LogP contribution in [0.5, 0.6) is 5.75 Å². The zero-order valence-corrected chi connectivity index (χ0v) is 11.7. The molecule has 2 N–H and O–H groups in total. The van der Waals surface area contributed by atoms with Crippen molar-refractivity contribution in [3.05, 3.63) is 54.0 Å². The molecule has 1 aromatic heterocycles. The number of rotatable bonds is 7. The Kier molecular flexibility index (Phi) is 4.55. The third-order valence-electron chi connectivity index (χ3n) is 3.43. The normalized spacial score (nSPS) is 18.2. The molecule has 5 nitrogen and oxygen atoms in total. The van der Waals surface area contributed by atoms with Crippen LogP contribution in [-0.2, 0) is 11.3 Å². The lowest BCUT2D eigenvalue weighted by molar-refractivity contribution is 0.0212. The topological polar surface area (TPSA) is 63.9 Å². The number of aliphatic hydroxyl groups excluding tert-OH is 1. The third kappa shape index (κ3) is 3.64. The second-order valence-electron chi connectivity index (χ2n) is 5.06. The van der Waals surface area contributed by atoms with Crippen molar-refractivity contribution in [2.24, 2.45) is 0 Å². The predicted octanol–water partition coefficient (Wildman–Crippen LogP) is 1.88. The van der Waals surface area contributed by atoms with Gasteiger partial charge in [0.05, 0.1) is 25.0 Å². The minimum atomic E-state index is -0.562. The van der Waals surface area contributed by atoms with Gasteiger partial charge in [-0.15, -0.1) is 0 Å². The van der Waals surface area contributed by atoms with Gasteiger partial charge in [-0.1, -0.05) is 18.2 Å². The molecular formula is C16H19NO4. The Morgan fingerprint density at radius 2 is 2.19 bits per heavy atom. The molecule has 1 aliphatic rings. The van der Waals surface area contributed by atoms with E-state index < -0.39 is 6.10 Å². The molecule has 0 saturated heterocycles. The fourth-order valence-corrected chi connectivity index (χ4v) is 2.36. The molecule has 0 fully saturated rings. The van der Waals surface area contributed by atoms with Gasteiger partial charge in [-0.05, 0) is 18.2 Å². The van der Waals surface area contributed by atoms with E-state index in [0.29, 0.717) is 19.8 Å². The van der Waals surface area contributed by atoms with E-state index in [1.54, 1.807) is 6.26 Å². The maximum absolute atomic E-state index is 9.93. The molecule has 0 radical (unpaired) electrons. The van der Waals surface area contributed by atoms with Crippen LogP contribution < -0.4 is 10.1 Å². The molecule has 1 aliphatic heterocycles. The number of para-hydroxylation sites is 1. The van der Waals surface area contributed by atoms with Gasteiger partial charge >= 0.3 is 0 Å². The van der Waals surface area contributed by atoms with Crippen LogP contribution in [0.1, 0.15) is 17.4 Å². The van der Waals surface area contributed by atoms with Crippen molar-refractivity contribution in [2.75, 3.05) is 19.8 Å². The van der Waals surface area contributed by atoms with Crippen molar-refractivity contribution in [1.82, 2.24) is 5.32 Å². The van der Waals surface area contributed by atoms with Crippen molar-refractivity contribution < 1.29 is 19.0 Å². The Balaban J connectivity index is 1.39. The number of benzene rings is 1. The minimum Gasteiger partial charge on any atom is -0.491 e. The highest BCUT2D eigenvalue weighted by Crippen LogP contribution is 2.31. The molecule has 5 heteroatoms. The van der Waals surface area contributed by atoms with Crippen molar-refractivity contribution in [3.8, 4) is 5.75 Å². The highest BCUT2D eigenvalue weighted by atomic mass is 16.5. The monoisotopic (exact) mass is 289 g/mol. The first-order chi connectivity index (χ1) is 10.3. The fourth-order valence-electron chi connectivity index (χ4n) is 2.36. The molecule has 112 valence electrons. The lowest BCUT2D eigenvalue weighted by atomic mass is 10.1. The maximum Gasteiger partial charge on any atom is 0.129 e. The van der Waals surface area contributed by atoms with Gasteiger partial charge < -0.3 is 24.3 Å². The molecule has 0 saturated carbocycles. The van der Waals surface area contributed by atoms with Crippen molar-refractivity contribution in [2.45, 2.75) is 18.8 Å². The van der Waals surface area contributed by atoms with Crippen molar-refractivity contribution in [3.63, 3.8) is 0 Å². The van der Waals surface area contributed by atoms with Gasteiger partial charge in [0.15, 0.2) is 0 Å². The van der Waals surface area contributed by atoms with Crippen LogP contribution >= 0.6 is 0 Å². The summed E-state index contributed by atoms with van der Waals surface area (Å²) in [6, 6.07) is 11.7. The Morgan fingerprint density at radius 1 is 1.29 bits per heavy atom. The van der Waals surface area contributed by atoms with Crippen LogP contribution in [-0.4, -0.2) is 31.0 Å². The Labute approximate surface area is 123 Å². The highest BCUT2D eigenvalue weighted by molar-refractivity contribution is 5.39. The number of aliphatic hydroxyl groups is 1. The fraction of sp³-hybridized carbons (Fsp3) is 0.375. The number of fused-ring (bicyclic) bond motifs is 1. The number of furan rings is 1. The van der Waals surface area contributed by atoms with E-state index >= 15 is 0 Å². The zero-order valence-electron chi connectivity index (χ0n) is 11.7. The van der Waals surface area contributed by atoms with Crippen LogP contribution in [0.15, 0.2) is 47.1 Å². The lowest BCUT2D eigenvalue weighted by Gasteiger charge is -2.15. The van der Waals surface area contributed by atoms with Gasteiger partial charge in [-0.2, -0.15) is 0 Å². The summed E-state index contributed by atoms with van der Waals surface area (Å²) in [5.41, 5.74) is 1.14. The van der Waals surface area contributed by atoms with E-state index in [-0.39, 0.29) is 12.6 Å². The molecule has 0 amide bonds. The van der Waals surface area contributed by atoms with Crippen molar-refractivity contribution >= 4 is 0 Å². The minimum absolute atomic E-state index is 0.126. The molecule has 21 heavy (non-hydrogen) atoms. The standard InChI is InChI=1S/C16H19NO4/c18-12(9-19-10-13-4-3-7-20-13)8-17-15-11-21-16-6-2-1-5-14(15)16/h1-7,12,15,17-18H,8-11H2. The molecule has 2 aromatic rings. The van der Waals surface area contributed by atoms with E-state index in [2.05, 4.69) is 5.32 Å². The molecule has 3 rings (SSSR count). The molecule has 1 aromatic carbocycles. The first-order valence-electron chi connectivity index (χ1n) is 7.06. The average molecular weight is 289 g/mol. The van der Waals surface area contributed by atoms with Crippen LogP contribution in [0, 0.1) is 0 Å². The third-order valence-corrected chi connectivity index (χ3v) is 3.43. The molecule has 2 atom stereocenters. The van der Waals surface area contributed by atoms with Gasteiger partial charge in [0.2, 0.25) is 0 Å². The summed E-state index contributed by atoms with van der Waals surface area (Å²) in [6.07, 6.45) is 1.04. The SMILES string of the molecule is OC(CNC1COc2ccccc21)COCc1ccco1. The summed E-state index contributed by atoms with van der Waals surface area (Å²) >= 11 is 0. The van der Waals surface area contributed by atoms with Crippen LogP contribution in [0.2, 0.25) is 0 Å². The first-order valence-corrected chi connectivity index (χ1v) is 7.06. The number of hydrogen-bond donors (Lipinski definition) is 2. The zero-order chi connectivity index (χ0) is 14.5. The quantitative estimate of drug-likeness (QED) is 0.815. The summed E-state index contributed by atoms with van der Waals surface area (Å²) < 4.78 is 16.2. The number of nitrogens with one attached hydrogen (secondary N) is 1. The number of ether oxygens (including phenoxy) is 2. The summed E-state index contributed by atoms with van der Waals surface area (Å²) in [5, 5.41) is 13.2. The second-order valence-corrected chi connectivity index (χ2v) is 5.06. The van der Waals surface area contributed by atoms with E-state index in [0.717, 1.165) is 17.1 Å². The first kappa shape index (κ1) is 14.1. The molecule has 0 aliphatic carbocycles. The summed E-state index contributed by atoms with van der Waals surface area (Å²) in [4.78, 5) is 0. The Hall–Kier alpha value is -1.82. The number of hydrogen-bond acceptors (Lipinski definition) is 5. The van der Waals surface area contributed by atoms with Gasteiger partial charge in [-0.3, -0.25) is 0 Å². The summed E-state index contributed by atoms with van der Waals surface area (Å²) in [6.45, 7) is 1.70. The van der Waals surface area contributed by atoms with E-state index in [1.165, 1.54) is 0 Å². The summed E-state index contributed by atoms with van der Waals surface area (Å²) in [7, 11) is 0. The molecule has 0 bridgehead atoms. The van der Waals surface area contributed by atoms with Crippen molar-refractivity contribution in [1.29, 1.82) is 0 Å². The van der Waals surface area contributed by atoms with Gasteiger partial charge in [0, 0.05) is 12.1 Å². The average Bonchev–Trinajstić information content (AvgIpc) is 3.14. The van der Waals surface area contributed by atoms with E-state index in [4.69, 9.17) is 13.9 Å². The van der Waals surface area contributed by atoms with Gasteiger partial charge in [-0.25, -0.2) is 0 Å². The highest BCUT2D eigenvalue weighted by Gasteiger charge is 2.23. The molecule has 2 unspecified atom stereocenters. The summed E-state index contributed by atoms with van der Waals surface area (Å²) in [5.74, 6) is 1.67. The largest absolute Gasteiger partial charge is 0.491 e. The van der Waals surface area contributed by atoms with Crippen LogP contribution in [0.25, 0.3) is 0 Å². The maximum atomic E-state index is 9.93. The van der Waals surface area contributed by atoms with E-state index in [1.807, 2.05) is 36.4 Å². The van der Waals surface area contributed by atoms with E-state index in [9.17, 15) is 5.11 Å². The van der Waals surface area contributed by atoms with Gasteiger partial charge in [0.25, 0.3) is 0 Å². The van der Waals surface area contributed by atoms with Crippen LogP contribution in [0.3, 0.4) is 0 Å². The van der Waals surface area contributed by atoms with Gasteiger partial charge in [0.1, 0.15) is 24.7 Å². The second kappa shape index (κ2) is 6.76. The predicted molar refractivity (Wildman–Crippen MR) is 77.1 cm³/mol.